The number of likely N-dealkylation sites (N-methyl/N-ethyl adjacent to an activating group) is 1. The van der Waals surface area contributed by atoms with E-state index < -0.39 is 16.2 Å². The van der Waals surface area contributed by atoms with Gasteiger partial charge in [0, 0.05) is 25.0 Å². The molecule has 1 saturated heterocycles. The largest absolute Gasteiger partial charge is 1.00 e. The Labute approximate surface area is 218 Å². The second-order valence-electron chi connectivity index (χ2n) is 9.12. The Morgan fingerprint density at radius 2 is 1.85 bits per heavy atom. The number of benzene rings is 1. The molecule has 0 bridgehead atoms. The minimum atomic E-state index is -4.11. The van der Waals surface area contributed by atoms with Gasteiger partial charge in [-0.15, -0.1) is 0 Å². The van der Waals surface area contributed by atoms with Crippen molar-refractivity contribution in [1.82, 2.24) is 19.4 Å². The number of aromatic nitrogens is 2. The molecule has 2 heterocycles. The van der Waals surface area contributed by atoms with Crippen molar-refractivity contribution >= 4 is 27.6 Å². The molecule has 0 spiro atoms. The molecule has 1 aromatic heterocycles. The molecule has 0 radical (unpaired) electrons. The maximum Gasteiger partial charge on any atom is 1.00 e. The van der Waals surface area contributed by atoms with Crippen molar-refractivity contribution in [1.29, 1.82) is 0 Å². The van der Waals surface area contributed by atoms with E-state index >= 15 is 0 Å². The van der Waals surface area contributed by atoms with Crippen LogP contribution in [0.3, 0.4) is 0 Å². The molecule has 1 aromatic carbocycles. The molecule has 2 aliphatic carbocycles. The van der Waals surface area contributed by atoms with Gasteiger partial charge in [0.15, 0.2) is 0 Å². The number of urea groups is 1. The van der Waals surface area contributed by atoms with Crippen LogP contribution in [0.4, 0.5) is 16.2 Å². The third kappa shape index (κ3) is 4.81. The number of aryl methyl sites for hydroxylation is 3. The van der Waals surface area contributed by atoms with Crippen molar-refractivity contribution in [2.75, 3.05) is 29.8 Å². The molecule has 5 rings (SSSR count). The molecule has 1 atom stereocenters. The smallest absolute Gasteiger partial charge is 1.00 e. The number of anilines is 2. The summed E-state index contributed by atoms with van der Waals surface area (Å²) in [6.45, 7) is 1.20. The first-order valence-electron chi connectivity index (χ1n) is 11.3. The molecule has 3 aliphatic rings. The van der Waals surface area contributed by atoms with E-state index in [-0.39, 0.29) is 43.6 Å². The Balaban J connectivity index is 0.00000162. The second kappa shape index (κ2) is 9.58. The molecule has 2 aromatic rings. The summed E-state index contributed by atoms with van der Waals surface area (Å²) >= 11 is 0. The summed E-state index contributed by atoms with van der Waals surface area (Å²) < 4.78 is 31.6. The topological polar surface area (TPSA) is 99.6 Å². The minimum absolute atomic E-state index is 0. The molecule has 11 heteroatoms. The molecule has 1 fully saturated rings. The Morgan fingerprint density at radius 3 is 2.36 bits per heavy atom. The normalized spacial score (nSPS) is 19.3. The molecule has 1 unspecified atom stereocenters. The number of nitrogens with one attached hydrogen (secondary N) is 2. The van der Waals surface area contributed by atoms with Gasteiger partial charge >= 0.3 is 45.8 Å². The van der Waals surface area contributed by atoms with Crippen LogP contribution in [0.2, 0.25) is 0 Å². The van der Waals surface area contributed by atoms with Crippen molar-refractivity contribution in [3.8, 4) is 0 Å². The molecule has 9 nitrogen and oxygen atoms in total. The van der Waals surface area contributed by atoms with Crippen molar-refractivity contribution in [3.63, 3.8) is 0 Å². The van der Waals surface area contributed by atoms with E-state index in [4.69, 9.17) is 0 Å². The van der Waals surface area contributed by atoms with Crippen LogP contribution in [0.25, 0.3) is 0 Å². The molecular formula is C22H31N6NaO3S. The zero-order valence-corrected chi connectivity index (χ0v) is 22.4. The molecular weight excluding hydrogens is 451 g/mol. The number of likely N-dealkylation sites (tertiary alicyclic amines) is 1. The van der Waals surface area contributed by atoms with Crippen LogP contribution in [-0.2, 0) is 42.9 Å². The van der Waals surface area contributed by atoms with Crippen LogP contribution in [0.5, 0.6) is 0 Å². The van der Waals surface area contributed by atoms with Crippen molar-refractivity contribution in [2.45, 2.75) is 51.0 Å². The van der Waals surface area contributed by atoms with E-state index in [2.05, 4.69) is 26.1 Å². The van der Waals surface area contributed by atoms with Gasteiger partial charge in [0.05, 0.1) is 18.4 Å². The van der Waals surface area contributed by atoms with E-state index in [0.717, 1.165) is 57.2 Å². The van der Waals surface area contributed by atoms with E-state index in [0.29, 0.717) is 5.69 Å². The van der Waals surface area contributed by atoms with Gasteiger partial charge in [-0.2, -0.15) is 13.5 Å². The predicted octanol–water partition coefficient (Wildman–Crippen LogP) is -0.909. The molecule has 1 aliphatic heterocycles. The number of hydrogen-bond acceptors (Lipinski definition) is 5. The summed E-state index contributed by atoms with van der Waals surface area (Å²) in [6, 6.07) is 1.68. The first kappa shape index (κ1) is 24.5. The maximum absolute atomic E-state index is 13.3. The van der Waals surface area contributed by atoms with Gasteiger partial charge < -0.3 is 11.6 Å². The Kier molecular flexibility index (Phi) is 7.12. The Bertz CT molecular complexity index is 1140. The average molecular weight is 483 g/mol. The third-order valence-corrected chi connectivity index (χ3v) is 8.40. The van der Waals surface area contributed by atoms with E-state index in [9.17, 15) is 13.2 Å². The molecule has 2 N–H and O–H groups in total. The summed E-state index contributed by atoms with van der Waals surface area (Å²) in [7, 11) is -0.405. The van der Waals surface area contributed by atoms with Crippen LogP contribution >= 0.6 is 0 Å². The van der Waals surface area contributed by atoms with Crippen molar-refractivity contribution < 1.29 is 44.2 Å². The number of nitrogens with zero attached hydrogens (tertiary/aromatic N) is 4. The van der Waals surface area contributed by atoms with Gasteiger partial charge in [-0.05, 0) is 80.8 Å². The van der Waals surface area contributed by atoms with Gasteiger partial charge in [-0.25, -0.2) is 13.8 Å². The first-order chi connectivity index (χ1) is 15.3. The fourth-order valence-electron chi connectivity index (χ4n) is 5.15. The number of carbonyl (C=O) groups excluding carboxylic acids is 1. The number of rotatable bonds is 6. The second-order valence-corrected chi connectivity index (χ2v) is 10.7. The summed E-state index contributed by atoms with van der Waals surface area (Å²) in [5.74, 6) is 0. The maximum atomic E-state index is 13.3. The molecule has 33 heavy (non-hydrogen) atoms. The Hall–Kier alpha value is -1.59. The summed E-state index contributed by atoms with van der Waals surface area (Å²) in [5.41, 5.74) is 6.17. The SMILES string of the molecule is CN1CCC1CN(c1cnn(C)c1)S(=O)(=O)NC(=O)Nc1c2c(cc3c1CCC3)CCC2.[H-].[Na+]. The predicted molar refractivity (Wildman–Crippen MR) is 124 cm³/mol. The number of carbonyl (C=O) groups is 1. The van der Waals surface area contributed by atoms with Gasteiger partial charge in [0.1, 0.15) is 0 Å². The quantitative estimate of drug-likeness (QED) is 0.520. The van der Waals surface area contributed by atoms with E-state index in [1.165, 1.54) is 32.8 Å². The number of fused-ring (bicyclic) bond motifs is 2. The zero-order valence-electron chi connectivity index (χ0n) is 20.6. The molecule has 174 valence electrons. The number of amides is 2. The Morgan fingerprint density at radius 1 is 1.18 bits per heavy atom. The van der Waals surface area contributed by atoms with Gasteiger partial charge in [-0.1, -0.05) is 6.07 Å². The van der Waals surface area contributed by atoms with E-state index in [1.54, 1.807) is 17.9 Å². The van der Waals surface area contributed by atoms with Crippen LogP contribution in [0.1, 0.15) is 42.9 Å². The van der Waals surface area contributed by atoms with Crippen molar-refractivity contribution in [2.24, 2.45) is 7.05 Å². The van der Waals surface area contributed by atoms with Crippen LogP contribution in [0, 0.1) is 0 Å². The van der Waals surface area contributed by atoms with Crippen molar-refractivity contribution in [3.05, 3.63) is 40.7 Å². The van der Waals surface area contributed by atoms with Gasteiger partial charge in [0.2, 0.25) is 0 Å². The fourth-order valence-corrected chi connectivity index (χ4v) is 6.29. The summed E-state index contributed by atoms with van der Waals surface area (Å²) in [4.78, 5) is 15.0. The average Bonchev–Trinajstić information content (AvgIpc) is 3.47. The van der Waals surface area contributed by atoms with Crippen LogP contribution in [-0.4, -0.2) is 55.3 Å². The van der Waals surface area contributed by atoms with E-state index in [1.807, 2.05) is 7.05 Å². The van der Waals surface area contributed by atoms with Crippen LogP contribution in [0.15, 0.2) is 18.5 Å². The van der Waals surface area contributed by atoms with Crippen LogP contribution < -0.4 is 43.9 Å². The van der Waals surface area contributed by atoms with Gasteiger partial charge in [-0.3, -0.25) is 4.68 Å². The van der Waals surface area contributed by atoms with Gasteiger partial charge in [0.25, 0.3) is 0 Å². The summed E-state index contributed by atoms with van der Waals surface area (Å²) in [6.07, 6.45) is 10.1. The first-order valence-corrected chi connectivity index (χ1v) is 12.7. The fraction of sp³-hybridized carbons (Fsp3) is 0.545. The molecule has 0 saturated carbocycles. The standard InChI is InChI=1S/C22H30N6O3S.Na.H/c1-26-10-9-17(26)14-28(18-12-23-27(2)13-18)32(30,31)25-22(29)24-21-19-7-3-5-15(19)11-16-6-4-8-20(16)21;;/h11-13,17H,3-10,14H2,1-2H3,(H2,24,25,29);;/q;+1;-1. The zero-order chi connectivity index (χ0) is 22.5. The minimum Gasteiger partial charge on any atom is -1.00 e. The molecule has 2 amide bonds. The number of hydrogen-bond donors (Lipinski definition) is 2. The summed E-state index contributed by atoms with van der Waals surface area (Å²) in [5, 5.41) is 7.03. The third-order valence-electron chi connectivity index (χ3n) is 7.02. The monoisotopic (exact) mass is 482 g/mol.